The molecule has 3 aromatic carbocycles. The van der Waals surface area contributed by atoms with Gasteiger partial charge in [0.1, 0.15) is 18.4 Å². The van der Waals surface area contributed by atoms with Gasteiger partial charge in [-0.05, 0) is 60.4 Å². The summed E-state index contributed by atoms with van der Waals surface area (Å²) in [6.07, 6.45) is 6.02. The average Bonchev–Trinajstić information content (AvgIpc) is 2.95. The molecule has 42 heavy (non-hydrogen) atoms. The van der Waals surface area contributed by atoms with E-state index in [1.165, 1.54) is 17.0 Å². The van der Waals surface area contributed by atoms with Crippen molar-refractivity contribution in [3.05, 3.63) is 99.8 Å². The fraction of sp³-hybridized carbons (Fsp3) is 0.355. The van der Waals surface area contributed by atoms with Crippen molar-refractivity contribution >= 4 is 50.7 Å². The Kier molecular flexibility index (Phi) is 10.9. The second kappa shape index (κ2) is 14.4. The van der Waals surface area contributed by atoms with E-state index in [-0.39, 0.29) is 30.6 Å². The van der Waals surface area contributed by atoms with E-state index in [0.717, 1.165) is 60.4 Å². The van der Waals surface area contributed by atoms with Crippen molar-refractivity contribution in [2.24, 2.45) is 0 Å². The zero-order chi connectivity index (χ0) is 30.3. The summed E-state index contributed by atoms with van der Waals surface area (Å²) in [5.74, 6) is -1.48. The number of anilines is 1. The first kappa shape index (κ1) is 31.8. The number of sulfonamides is 1. The van der Waals surface area contributed by atoms with Crippen molar-refractivity contribution in [1.82, 2.24) is 10.2 Å². The van der Waals surface area contributed by atoms with Crippen LogP contribution in [0.2, 0.25) is 10.0 Å². The lowest BCUT2D eigenvalue weighted by Crippen LogP contribution is -2.55. The van der Waals surface area contributed by atoms with Crippen molar-refractivity contribution in [3.63, 3.8) is 0 Å². The summed E-state index contributed by atoms with van der Waals surface area (Å²) in [6, 6.07) is 18.1. The zero-order valence-corrected chi connectivity index (χ0v) is 25.6. The Labute approximate surface area is 256 Å². The predicted molar refractivity (Wildman–Crippen MR) is 165 cm³/mol. The van der Waals surface area contributed by atoms with Crippen LogP contribution in [0, 0.1) is 5.82 Å². The molecule has 0 unspecified atom stereocenters. The second-order valence-electron chi connectivity index (χ2n) is 10.6. The number of nitrogens with zero attached hydrogens (tertiary/aromatic N) is 2. The largest absolute Gasteiger partial charge is 0.352 e. The molecule has 3 aromatic rings. The average molecular weight is 635 g/mol. The minimum Gasteiger partial charge on any atom is -0.352 e. The molecule has 0 bridgehead atoms. The molecule has 0 spiro atoms. The van der Waals surface area contributed by atoms with Crippen LogP contribution in [-0.4, -0.2) is 50.0 Å². The third-order valence-corrected chi connectivity index (χ3v) is 9.10. The van der Waals surface area contributed by atoms with Crippen molar-refractivity contribution < 1.29 is 22.4 Å². The predicted octanol–water partition coefficient (Wildman–Crippen LogP) is 5.99. The van der Waals surface area contributed by atoms with Gasteiger partial charge < -0.3 is 10.2 Å². The summed E-state index contributed by atoms with van der Waals surface area (Å²) in [5, 5.41) is 3.87. The molecule has 1 aliphatic carbocycles. The normalized spacial score (nSPS) is 14.7. The summed E-state index contributed by atoms with van der Waals surface area (Å²) >= 11 is 12.6. The van der Waals surface area contributed by atoms with Gasteiger partial charge in [-0.15, -0.1) is 0 Å². The van der Waals surface area contributed by atoms with Crippen molar-refractivity contribution in [2.45, 2.75) is 57.2 Å². The van der Waals surface area contributed by atoms with Gasteiger partial charge in [-0.1, -0.05) is 78.9 Å². The highest BCUT2D eigenvalue weighted by Gasteiger charge is 2.34. The molecule has 1 fully saturated rings. The molecule has 7 nitrogen and oxygen atoms in total. The summed E-state index contributed by atoms with van der Waals surface area (Å²) in [6.45, 7) is -0.664. The quantitative estimate of drug-likeness (QED) is 0.281. The number of rotatable bonds is 11. The van der Waals surface area contributed by atoms with Gasteiger partial charge in [-0.2, -0.15) is 0 Å². The number of nitrogens with one attached hydrogen (secondary N) is 1. The Bertz CT molecular complexity index is 1480. The third-order valence-electron chi connectivity index (χ3n) is 7.37. The minimum absolute atomic E-state index is 0.00710. The first-order valence-corrected chi connectivity index (χ1v) is 16.4. The zero-order valence-electron chi connectivity index (χ0n) is 23.3. The fourth-order valence-electron chi connectivity index (χ4n) is 5.15. The summed E-state index contributed by atoms with van der Waals surface area (Å²) < 4.78 is 40.2. The Morgan fingerprint density at radius 2 is 1.64 bits per heavy atom. The van der Waals surface area contributed by atoms with Crippen LogP contribution in [0.3, 0.4) is 0 Å². The van der Waals surface area contributed by atoms with Crippen molar-refractivity contribution in [1.29, 1.82) is 0 Å². The lowest BCUT2D eigenvalue weighted by atomic mass is 9.94. The van der Waals surface area contributed by atoms with E-state index >= 15 is 0 Å². The molecule has 1 aliphatic rings. The lowest BCUT2D eigenvalue weighted by molar-refractivity contribution is -0.140. The molecule has 4 rings (SSSR count). The smallest absolute Gasteiger partial charge is 0.244 e. The van der Waals surface area contributed by atoms with Crippen LogP contribution in [-0.2, 0) is 32.6 Å². The van der Waals surface area contributed by atoms with E-state index in [4.69, 9.17) is 23.2 Å². The Balaban J connectivity index is 1.74. The Hall–Kier alpha value is -3.14. The summed E-state index contributed by atoms with van der Waals surface area (Å²) in [7, 11) is -3.95. The number of halogens is 3. The number of amides is 2. The summed E-state index contributed by atoms with van der Waals surface area (Å²) in [4.78, 5) is 29.5. The number of carbonyl (C=O) groups is 2. The van der Waals surface area contributed by atoms with Gasteiger partial charge in [0, 0.05) is 29.1 Å². The molecule has 11 heteroatoms. The molecule has 1 saturated carbocycles. The number of hydrogen-bond donors (Lipinski definition) is 1. The van der Waals surface area contributed by atoms with Gasteiger partial charge in [0.25, 0.3) is 0 Å². The van der Waals surface area contributed by atoms with Gasteiger partial charge in [0.15, 0.2) is 0 Å². The minimum atomic E-state index is -3.95. The topological polar surface area (TPSA) is 86.8 Å². The monoisotopic (exact) mass is 633 g/mol. The maximum Gasteiger partial charge on any atom is 0.244 e. The van der Waals surface area contributed by atoms with Crippen LogP contribution in [0.15, 0.2) is 72.8 Å². The highest BCUT2D eigenvalue weighted by atomic mass is 35.5. The van der Waals surface area contributed by atoms with E-state index < -0.39 is 34.3 Å². The van der Waals surface area contributed by atoms with Crippen LogP contribution in [0.4, 0.5) is 10.1 Å². The second-order valence-corrected chi connectivity index (χ2v) is 13.3. The standard InChI is InChI=1S/C31H34Cl2FN3O4S/c1-42(40,41)37(27-16-14-25(34)15-17-27)21-30(38)36(20-23-12-13-24(32)19-28(23)33)29(18-22-8-4-2-5-9-22)31(39)35-26-10-6-3-7-11-26/h2,4-5,8-9,12-17,19,26,29H,3,6-7,10-11,18,20-21H2,1H3,(H,35,39)/t29-/m0/s1. The van der Waals surface area contributed by atoms with E-state index in [2.05, 4.69) is 5.32 Å². The van der Waals surface area contributed by atoms with Gasteiger partial charge in [0.2, 0.25) is 21.8 Å². The highest BCUT2D eigenvalue weighted by Crippen LogP contribution is 2.26. The fourth-order valence-corrected chi connectivity index (χ4v) is 6.47. The first-order chi connectivity index (χ1) is 20.0. The van der Waals surface area contributed by atoms with Crippen LogP contribution in [0.5, 0.6) is 0 Å². The molecule has 224 valence electrons. The number of benzene rings is 3. The van der Waals surface area contributed by atoms with Crippen molar-refractivity contribution in [3.8, 4) is 0 Å². The maximum atomic E-state index is 14.1. The summed E-state index contributed by atoms with van der Waals surface area (Å²) in [5.41, 5.74) is 1.51. The highest BCUT2D eigenvalue weighted by molar-refractivity contribution is 7.92. The first-order valence-electron chi connectivity index (χ1n) is 13.8. The van der Waals surface area contributed by atoms with Gasteiger partial charge in [0.05, 0.1) is 11.9 Å². The number of carbonyl (C=O) groups excluding carboxylic acids is 2. The Morgan fingerprint density at radius 1 is 0.976 bits per heavy atom. The van der Waals surface area contributed by atoms with E-state index in [0.29, 0.717) is 15.6 Å². The molecular weight excluding hydrogens is 600 g/mol. The van der Waals surface area contributed by atoms with E-state index in [9.17, 15) is 22.4 Å². The van der Waals surface area contributed by atoms with Gasteiger partial charge >= 0.3 is 0 Å². The van der Waals surface area contributed by atoms with E-state index in [1.807, 2.05) is 30.3 Å². The van der Waals surface area contributed by atoms with Crippen LogP contribution in [0.25, 0.3) is 0 Å². The molecule has 1 atom stereocenters. The van der Waals surface area contributed by atoms with Gasteiger partial charge in [-0.25, -0.2) is 12.8 Å². The van der Waals surface area contributed by atoms with Crippen LogP contribution < -0.4 is 9.62 Å². The molecule has 1 N–H and O–H groups in total. The molecule has 0 saturated heterocycles. The molecule has 0 heterocycles. The van der Waals surface area contributed by atoms with Crippen molar-refractivity contribution in [2.75, 3.05) is 17.1 Å². The SMILES string of the molecule is CS(=O)(=O)N(CC(=O)N(Cc1ccc(Cl)cc1Cl)[C@@H](Cc1ccccc1)C(=O)NC1CCCCC1)c1ccc(F)cc1. The third kappa shape index (κ3) is 8.69. The molecular formula is C31H34Cl2FN3O4S. The number of hydrogen-bond acceptors (Lipinski definition) is 4. The maximum absolute atomic E-state index is 14.1. The molecule has 0 aliphatic heterocycles. The van der Waals surface area contributed by atoms with E-state index in [1.54, 1.807) is 18.2 Å². The Morgan fingerprint density at radius 3 is 2.26 bits per heavy atom. The van der Waals surface area contributed by atoms with Gasteiger partial charge in [-0.3, -0.25) is 13.9 Å². The molecule has 2 amide bonds. The van der Waals surface area contributed by atoms with Crippen LogP contribution >= 0.6 is 23.2 Å². The molecule has 0 aromatic heterocycles. The van der Waals surface area contributed by atoms with Crippen LogP contribution in [0.1, 0.15) is 43.2 Å². The lowest BCUT2D eigenvalue weighted by Gasteiger charge is -2.35. The molecule has 0 radical (unpaired) electrons.